The van der Waals surface area contributed by atoms with Gasteiger partial charge in [-0.25, -0.2) is 4.98 Å². The van der Waals surface area contributed by atoms with Crippen molar-refractivity contribution in [2.24, 2.45) is 0 Å². The number of anilines is 1. The fraction of sp³-hybridized carbons (Fsp3) is 0.355. The van der Waals surface area contributed by atoms with Gasteiger partial charge in [-0.3, -0.25) is 14.4 Å². The molecule has 1 aromatic heterocycles. The molecule has 3 aromatic rings. The number of nitrogens with zero attached hydrogens (tertiary/aromatic N) is 1. The van der Waals surface area contributed by atoms with Crippen molar-refractivity contribution in [2.45, 2.75) is 64.0 Å². The van der Waals surface area contributed by atoms with Gasteiger partial charge in [0.2, 0.25) is 11.8 Å². The molecule has 0 fully saturated rings. The Kier molecular flexibility index (Phi) is 12.0. The van der Waals surface area contributed by atoms with Gasteiger partial charge in [0.15, 0.2) is 0 Å². The highest BCUT2D eigenvalue weighted by molar-refractivity contribution is 5.88. The summed E-state index contributed by atoms with van der Waals surface area (Å²) in [4.78, 5) is 41.7. The molecule has 0 spiro atoms. The predicted octanol–water partition coefficient (Wildman–Crippen LogP) is 5.34. The van der Waals surface area contributed by atoms with Crippen LogP contribution in [0.4, 0.5) is 5.82 Å². The maximum absolute atomic E-state index is 13.2. The molecule has 2 amide bonds. The lowest BCUT2D eigenvalue weighted by Crippen LogP contribution is -2.47. The molecule has 0 radical (unpaired) electrons. The molecule has 4 N–H and O–H groups in total. The third-order valence-corrected chi connectivity index (χ3v) is 6.42. The van der Waals surface area contributed by atoms with Crippen LogP contribution in [0.5, 0.6) is 0 Å². The van der Waals surface area contributed by atoms with Gasteiger partial charge in [0.25, 0.3) is 0 Å². The van der Waals surface area contributed by atoms with Crippen molar-refractivity contribution in [2.75, 3.05) is 11.9 Å². The molecule has 2 atom stereocenters. The summed E-state index contributed by atoms with van der Waals surface area (Å²) in [6.07, 6.45) is 5.35. The summed E-state index contributed by atoms with van der Waals surface area (Å²) in [5.41, 5.74) is 2.76. The van der Waals surface area contributed by atoms with Crippen LogP contribution < -0.4 is 16.0 Å². The van der Waals surface area contributed by atoms with Crippen molar-refractivity contribution in [3.63, 3.8) is 0 Å². The first-order chi connectivity index (χ1) is 19.0. The Balaban J connectivity index is 1.56. The highest BCUT2D eigenvalue weighted by Gasteiger charge is 2.25. The van der Waals surface area contributed by atoms with E-state index in [0.717, 1.165) is 36.2 Å². The van der Waals surface area contributed by atoms with Gasteiger partial charge in [0.05, 0.1) is 12.5 Å². The molecular weight excluding hydrogens is 492 g/mol. The third-order valence-electron chi connectivity index (χ3n) is 6.42. The zero-order chi connectivity index (χ0) is 27.9. The lowest BCUT2D eigenvalue weighted by atomic mass is 9.98. The van der Waals surface area contributed by atoms with E-state index < -0.39 is 18.1 Å². The number of aromatic nitrogens is 1. The maximum Gasteiger partial charge on any atom is 0.305 e. The number of aliphatic carboxylic acids is 1. The van der Waals surface area contributed by atoms with Crippen LogP contribution in [0.3, 0.4) is 0 Å². The standard InChI is InChI=1S/C31H38N4O4/c1-2-3-13-26(34-29(36)15-8-10-21-33-28-14-7-9-20-32-28)31(39)35-27(22-30(37)38)25-18-16-24(17-19-25)23-11-5-4-6-12-23/h4-7,9,11-12,14,16-20,26-27H,2-3,8,10,13,15,21-22H2,1H3,(H,32,33)(H,34,36)(H,35,39)(H,37,38)/t26-,27?/m0/s1. The molecule has 2 aromatic carbocycles. The third kappa shape index (κ3) is 10.2. The molecule has 206 valence electrons. The van der Waals surface area contributed by atoms with E-state index >= 15 is 0 Å². The minimum absolute atomic E-state index is 0.189. The average molecular weight is 531 g/mol. The van der Waals surface area contributed by atoms with Crippen LogP contribution in [-0.4, -0.2) is 40.5 Å². The summed E-state index contributed by atoms with van der Waals surface area (Å²) in [7, 11) is 0. The molecule has 8 heteroatoms. The predicted molar refractivity (Wildman–Crippen MR) is 153 cm³/mol. The van der Waals surface area contributed by atoms with Crippen LogP contribution in [-0.2, 0) is 14.4 Å². The van der Waals surface area contributed by atoms with E-state index in [2.05, 4.69) is 20.9 Å². The summed E-state index contributed by atoms with van der Waals surface area (Å²) in [5, 5.41) is 18.5. The number of carboxylic acid groups (broad SMARTS) is 1. The van der Waals surface area contributed by atoms with Crippen LogP contribution in [0.15, 0.2) is 79.0 Å². The number of hydrogen-bond donors (Lipinski definition) is 4. The van der Waals surface area contributed by atoms with Crippen molar-refractivity contribution in [1.29, 1.82) is 0 Å². The number of rotatable bonds is 16. The van der Waals surface area contributed by atoms with Crippen LogP contribution >= 0.6 is 0 Å². The molecule has 0 saturated carbocycles. The van der Waals surface area contributed by atoms with Gasteiger partial charge < -0.3 is 21.1 Å². The summed E-state index contributed by atoms with van der Waals surface area (Å²) < 4.78 is 0. The highest BCUT2D eigenvalue weighted by atomic mass is 16.4. The smallest absolute Gasteiger partial charge is 0.305 e. The van der Waals surface area contributed by atoms with Crippen LogP contribution in [0.2, 0.25) is 0 Å². The van der Waals surface area contributed by atoms with Gasteiger partial charge in [-0.15, -0.1) is 0 Å². The van der Waals surface area contributed by atoms with E-state index in [1.165, 1.54) is 0 Å². The summed E-state index contributed by atoms with van der Waals surface area (Å²) in [6, 6.07) is 21.6. The Bertz CT molecular complexity index is 1170. The first-order valence-corrected chi connectivity index (χ1v) is 13.6. The number of carbonyl (C=O) groups is 3. The summed E-state index contributed by atoms with van der Waals surface area (Å²) >= 11 is 0. The molecule has 0 saturated heterocycles. The number of unbranched alkanes of at least 4 members (excludes halogenated alkanes) is 2. The zero-order valence-corrected chi connectivity index (χ0v) is 22.4. The fourth-order valence-electron chi connectivity index (χ4n) is 4.28. The zero-order valence-electron chi connectivity index (χ0n) is 22.4. The Hall–Kier alpha value is -4.20. The SMILES string of the molecule is CCCC[C@H](NC(=O)CCCCNc1ccccn1)C(=O)NC(CC(=O)O)c1ccc(-c2ccccc2)cc1. The first-order valence-electron chi connectivity index (χ1n) is 13.6. The highest BCUT2D eigenvalue weighted by Crippen LogP contribution is 2.24. The van der Waals surface area contributed by atoms with E-state index in [4.69, 9.17) is 0 Å². The Morgan fingerprint density at radius 1 is 0.846 bits per heavy atom. The van der Waals surface area contributed by atoms with Crippen molar-refractivity contribution in [3.8, 4) is 11.1 Å². The van der Waals surface area contributed by atoms with Crippen molar-refractivity contribution in [3.05, 3.63) is 84.6 Å². The minimum atomic E-state index is -1.01. The maximum atomic E-state index is 13.2. The molecule has 39 heavy (non-hydrogen) atoms. The van der Waals surface area contributed by atoms with E-state index in [9.17, 15) is 19.5 Å². The van der Waals surface area contributed by atoms with Crippen molar-refractivity contribution >= 4 is 23.6 Å². The van der Waals surface area contributed by atoms with Gasteiger partial charge in [-0.2, -0.15) is 0 Å². The fourth-order valence-corrected chi connectivity index (χ4v) is 4.28. The number of benzene rings is 2. The molecule has 0 aliphatic rings. The number of carboxylic acids is 1. The van der Waals surface area contributed by atoms with Crippen LogP contribution in [0.25, 0.3) is 11.1 Å². The number of hydrogen-bond acceptors (Lipinski definition) is 5. The molecule has 0 aliphatic carbocycles. The Labute approximate surface area is 230 Å². The molecule has 0 bridgehead atoms. The number of pyridine rings is 1. The minimum Gasteiger partial charge on any atom is -0.481 e. The monoisotopic (exact) mass is 530 g/mol. The first kappa shape index (κ1) is 29.4. The average Bonchev–Trinajstić information content (AvgIpc) is 2.95. The summed E-state index contributed by atoms with van der Waals surface area (Å²) in [6.45, 7) is 2.72. The summed E-state index contributed by atoms with van der Waals surface area (Å²) in [5.74, 6) is -0.775. The Morgan fingerprint density at radius 3 is 2.23 bits per heavy atom. The van der Waals surface area contributed by atoms with E-state index in [1.807, 2.05) is 79.7 Å². The second-order valence-electron chi connectivity index (χ2n) is 9.51. The van der Waals surface area contributed by atoms with E-state index in [-0.39, 0.29) is 18.2 Å². The van der Waals surface area contributed by atoms with Crippen LogP contribution in [0.1, 0.15) is 63.5 Å². The van der Waals surface area contributed by atoms with Crippen LogP contribution in [0, 0.1) is 0 Å². The largest absolute Gasteiger partial charge is 0.481 e. The second kappa shape index (κ2) is 15.9. The van der Waals surface area contributed by atoms with E-state index in [1.54, 1.807) is 6.20 Å². The quantitative estimate of drug-likeness (QED) is 0.186. The normalized spacial score (nSPS) is 12.2. The lowest BCUT2D eigenvalue weighted by Gasteiger charge is -2.23. The van der Waals surface area contributed by atoms with Gasteiger partial charge in [0.1, 0.15) is 11.9 Å². The molecule has 1 unspecified atom stereocenters. The topological polar surface area (TPSA) is 120 Å². The molecule has 8 nitrogen and oxygen atoms in total. The van der Waals surface area contributed by atoms with E-state index in [0.29, 0.717) is 31.4 Å². The van der Waals surface area contributed by atoms with Gasteiger partial charge in [-0.1, -0.05) is 80.4 Å². The number of amides is 2. The molecular formula is C31H38N4O4. The number of nitrogens with one attached hydrogen (secondary N) is 3. The number of carbonyl (C=O) groups excluding carboxylic acids is 2. The van der Waals surface area contributed by atoms with Crippen molar-refractivity contribution < 1.29 is 19.5 Å². The van der Waals surface area contributed by atoms with Gasteiger partial charge in [-0.05, 0) is 48.1 Å². The second-order valence-corrected chi connectivity index (χ2v) is 9.51. The molecule has 3 rings (SSSR count). The lowest BCUT2D eigenvalue weighted by molar-refractivity contribution is -0.138. The molecule has 1 heterocycles. The van der Waals surface area contributed by atoms with Crippen molar-refractivity contribution in [1.82, 2.24) is 15.6 Å². The van der Waals surface area contributed by atoms with Gasteiger partial charge in [0, 0.05) is 19.2 Å². The molecule has 0 aliphatic heterocycles. The van der Waals surface area contributed by atoms with Gasteiger partial charge >= 0.3 is 5.97 Å². The Morgan fingerprint density at radius 2 is 1.56 bits per heavy atom.